The molecule has 0 spiro atoms. The van der Waals surface area contributed by atoms with E-state index in [9.17, 15) is 4.79 Å². The molecule has 1 amide bonds. The van der Waals surface area contributed by atoms with Crippen molar-refractivity contribution in [1.29, 1.82) is 0 Å². The smallest absolute Gasteiger partial charge is 0.220 e. The van der Waals surface area contributed by atoms with Gasteiger partial charge in [-0.3, -0.25) is 4.79 Å². The zero-order chi connectivity index (χ0) is 22.5. The molecule has 32 heavy (non-hydrogen) atoms. The Kier molecular flexibility index (Phi) is 6.78. The number of aromatic nitrogens is 2. The van der Waals surface area contributed by atoms with Crippen LogP contribution in [0.15, 0.2) is 55.1 Å². The number of hydrogen-bond acceptors (Lipinski definition) is 4. The number of carbonyl (C=O) groups excluding carboxylic acids is 1. The molecule has 168 valence electrons. The maximum absolute atomic E-state index is 12.2. The second kappa shape index (κ2) is 9.90. The molecule has 3 aromatic rings. The Bertz CT molecular complexity index is 1100. The zero-order valence-electron chi connectivity index (χ0n) is 18.9. The number of fused-ring (bicyclic) bond motifs is 1. The van der Waals surface area contributed by atoms with Gasteiger partial charge in [-0.05, 0) is 55.5 Å². The summed E-state index contributed by atoms with van der Waals surface area (Å²) < 4.78 is 13.8. The van der Waals surface area contributed by atoms with Crippen LogP contribution in [0.4, 0.5) is 0 Å². The van der Waals surface area contributed by atoms with E-state index in [1.807, 2.05) is 47.4 Å². The van der Waals surface area contributed by atoms with Gasteiger partial charge in [-0.25, -0.2) is 4.98 Å². The number of imidazole rings is 1. The normalized spacial score (nSPS) is 15.8. The third-order valence-corrected chi connectivity index (χ3v) is 6.03. The summed E-state index contributed by atoms with van der Waals surface area (Å²) in [5.41, 5.74) is 3.22. The monoisotopic (exact) mass is 433 g/mol. The van der Waals surface area contributed by atoms with Crippen LogP contribution in [-0.2, 0) is 17.8 Å². The molecule has 0 aliphatic carbocycles. The summed E-state index contributed by atoms with van der Waals surface area (Å²) in [5.74, 6) is 2.57. The number of rotatable bonds is 9. The minimum absolute atomic E-state index is 0.0401. The van der Waals surface area contributed by atoms with Crippen molar-refractivity contribution in [3.63, 3.8) is 0 Å². The van der Waals surface area contributed by atoms with Gasteiger partial charge >= 0.3 is 0 Å². The number of nitrogens with zero attached hydrogens (tertiary/aromatic N) is 3. The Hall–Kier alpha value is -3.28. The molecule has 2 heterocycles. The van der Waals surface area contributed by atoms with E-state index in [4.69, 9.17) is 14.5 Å². The Balaban J connectivity index is 1.49. The Labute approximate surface area is 189 Å². The number of ether oxygens (including phenoxy) is 2. The molecular formula is C26H31N3O3. The van der Waals surface area contributed by atoms with Crippen LogP contribution in [0.1, 0.15) is 43.6 Å². The summed E-state index contributed by atoms with van der Waals surface area (Å²) in [7, 11) is 1.66. The van der Waals surface area contributed by atoms with Gasteiger partial charge in [0.1, 0.15) is 5.82 Å². The van der Waals surface area contributed by atoms with E-state index >= 15 is 0 Å². The molecule has 1 aromatic heterocycles. The van der Waals surface area contributed by atoms with Gasteiger partial charge in [-0.2, -0.15) is 0 Å². The number of hydrogen-bond donors (Lipinski definition) is 0. The van der Waals surface area contributed by atoms with E-state index in [2.05, 4.69) is 17.2 Å². The molecule has 0 N–H and O–H groups in total. The fraction of sp³-hybridized carbons (Fsp3) is 0.385. The molecule has 0 bridgehead atoms. The number of benzene rings is 2. The van der Waals surface area contributed by atoms with Crippen LogP contribution in [0.25, 0.3) is 11.0 Å². The van der Waals surface area contributed by atoms with Gasteiger partial charge in [0, 0.05) is 20.0 Å². The molecule has 1 aliphatic heterocycles. The molecule has 4 rings (SSSR count). The second-order valence-corrected chi connectivity index (χ2v) is 8.16. The minimum atomic E-state index is 0.0401. The van der Waals surface area contributed by atoms with E-state index < -0.39 is 0 Å². The molecular weight excluding hydrogens is 402 g/mol. The van der Waals surface area contributed by atoms with Crippen molar-refractivity contribution in [2.24, 2.45) is 0 Å². The number of methoxy groups -OCH3 is 1. The number of aryl methyl sites for hydroxylation is 1. The highest BCUT2D eigenvalue weighted by molar-refractivity contribution is 5.77. The maximum atomic E-state index is 12.2. The molecule has 1 fully saturated rings. The van der Waals surface area contributed by atoms with E-state index in [0.717, 1.165) is 72.7 Å². The standard InChI is InChI=1S/C26H31N3O3/c1-4-9-20-13-14-24(25(18-20)31-3)32-17-8-16-29-22-11-6-5-10-21(22)27-26(29)23-12-7-15-28(23)19(2)30/h4-6,10-11,13-14,18,23H,1,7-9,12,15-17H2,2-3H3/t23-/m0/s1. The summed E-state index contributed by atoms with van der Waals surface area (Å²) in [5, 5.41) is 0. The molecule has 6 nitrogen and oxygen atoms in total. The summed E-state index contributed by atoms with van der Waals surface area (Å²) in [6.45, 7) is 7.57. The molecule has 1 aliphatic rings. The summed E-state index contributed by atoms with van der Waals surface area (Å²) >= 11 is 0. The molecule has 0 radical (unpaired) electrons. The molecule has 2 aromatic carbocycles. The third kappa shape index (κ3) is 4.49. The van der Waals surface area contributed by atoms with Crippen LogP contribution in [0.5, 0.6) is 11.5 Å². The van der Waals surface area contributed by atoms with Gasteiger partial charge in [-0.1, -0.05) is 24.3 Å². The predicted molar refractivity (Wildman–Crippen MR) is 126 cm³/mol. The number of para-hydroxylation sites is 2. The van der Waals surface area contributed by atoms with E-state index in [0.29, 0.717) is 6.61 Å². The summed E-state index contributed by atoms with van der Waals surface area (Å²) in [6, 6.07) is 14.2. The van der Waals surface area contributed by atoms with Crippen LogP contribution in [-0.4, -0.2) is 40.6 Å². The van der Waals surface area contributed by atoms with Crippen molar-refractivity contribution < 1.29 is 14.3 Å². The highest BCUT2D eigenvalue weighted by atomic mass is 16.5. The first-order valence-electron chi connectivity index (χ1n) is 11.3. The molecule has 1 saturated heterocycles. The van der Waals surface area contributed by atoms with Gasteiger partial charge in [0.15, 0.2) is 11.5 Å². The van der Waals surface area contributed by atoms with Crippen molar-refractivity contribution in [1.82, 2.24) is 14.5 Å². The van der Waals surface area contributed by atoms with Crippen molar-refractivity contribution in [2.45, 2.75) is 45.2 Å². The van der Waals surface area contributed by atoms with Gasteiger partial charge < -0.3 is 18.9 Å². The van der Waals surface area contributed by atoms with E-state index in [1.165, 1.54) is 0 Å². The average Bonchev–Trinajstić information content (AvgIpc) is 3.42. The highest BCUT2D eigenvalue weighted by Gasteiger charge is 2.32. The van der Waals surface area contributed by atoms with Crippen molar-refractivity contribution in [3.8, 4) is 11.5 Å². The van der Waals surface area contributed by atoms with Gasteiger partial charge in [0.05, 0.1) is 30.8 Å². The second-order valence-electron chi connectivity index (χ2n) is 8.16. The third-order valence-electron chi connectivity index (χ3n) is 6.03. The maximum Gasteiger partial charge on any atom is 0.220 e. The quantitative estimate of drug-likeness (QED) is 0.355. The number of carbonyl (C=O) groups is 1. The Morgan fingerprint density at radius 1 is 1.25 bits per heavy atom. The number of allylic oxidation sites excluding steroid dienone is 1. The van der Waals surface area contributed by atoms with Crippen molar-refractivity contribution in [3.05, 3.63) is 66.5 Å². The predicted octanol–water partition coefficient (Wildman–Crippen LogP) is 4.93. The summed E-state index contributed by atoms with van der Waals surface area (Å²) in [6.07, 6.45) is 5.45. The lowest BCUT2D eigenvalue weighted by molar-refractivity contribution is -0.129. The van der Waals surface area contributed by atoms with Crippen LogP contribution in [0, 0.1) is 0 Å². The molecule has 1 atom stereocenters. The average molecular weight is 434 g/mol. The number of amides is 1. The van der Waals surface area contributed by atoms with Gasteiger partial charge in [0.2, 0.25) is 5.91 Å². The largest absolute Gasteiger partial charge is 0.493 e. The van der Waals surface area contributed by atoms with Gasteiger partial charge in [-0.15, -0.1) is 6.58 Å². The van der Waals surface area contributed by atoms with Crippen LogP contribution in [0.2, 0.25) is 0 Å². The first-order chi connectivity index (χ1) is 15.6. The fourth-order valence-electron chi connectivity index (χ4n) is 4.53. The first-order valence-corrected chi connectivity index (χ1v) is 11.3. The molecule has 0 unspecified atom stereocenters. The first kappa shape index (κ1) is 21.9. The topological polar surface area (TPSA) is 56.6 Å². The Morgan fingerprint density at radius 3 is 2.88 bits per heavy atom. The minimum Gasteiger partial charge on any atom is -0.493 e. The van der Waals surface area contributed by atoms with Crippen molar-refractivity contribution >= 4 is 16.9 Å². The Morgan fingerprint density at radius 2 is 2.09 bits per heavy atom. The van der Waals surface area contributed by atoms with Crippen LogP contribution in [0.3, 0.4) is 0 Å². The van der Waals surface area contributed by atoms with E-state index in [-0.39, 0.29) is 11.9 Å². The molecule has 0 saturated carbocycles. The lowest BCUT2D eigenvalue weighted by atomic mass is 10.1. The lowest BCUT2D eigenvalue weighted by Crippen LogP contribution is -2.30. The fourth-order valence-corrected chi connectivity index (χ4v) is 4.53. The molecule has 6 heteroatoms. The zero-order valence-corrected chi connectivity index (χ0v) is 18.9. The van der Waals surface area contributed by atoms with Gasteiger partial charge in [0.25, 0.3) is 0 Å². The van der Waals surface area contributed by atoms with Crippen LogP contribution < -0.4 is 9.47 Å². The van der Waals surface area contributed by atoms with Crippen molar-refractivity contribution in [2.75, 3.05) is 20.3 Å². The number of likely N-dealkylation sites (tertiary alicyclic amines) is 1. The SMILES string of the molecule is C=CCc1ccc(OCCCn2c([C@@H]3CCCN3C(C)=O)nc3ccccc32)c(OC)c1. The highest BCUT2D eigenvalue weighted by Crippen LogP contribution is 2.34. The van der Waals surface area contributed by atoms with E-state index in [1.54, 1.807) is 14.0 Å². The summed E-state index contributed by atoms with van der Waals surface area (Å²) in [4.78, 5) is 19.0. The lowest BCUT2D eigenvalue weighted by Gasteiger charge is -2.24. The van der Waals surface area contributed by atoms with Crippen LogP contribution >= 0.6 is 0 Å².